The molecular formula is C13H14N6O3S. The molecule has 120 valence electrons. The number of hydrogen-bond acceptors (Lipinski definition) is 9. The molecule has 9 nitrogen and oxygen atoms in total. The number of aliphatic hydroxyl groups excluding tert-OH is 2. The molecule has 0 aromatic carbocycles. The van der Waals surface area contributed by atoms with Crippen LogP contribution in [0.4, 0.5) is 5.95 Å². The second-order valence-electron chi connectivity index (χ2n) is 5.21. The largest absolute Gasteiger partial charge is 0.394 e. The summed E-state index contributed by atoms with van der Waals surface area (Å²) >= 11 is 1.43. The Balaban J connectivity index is 1.81. The maximum Gasteiger partial charge on any atom is 0.222 e. The molecule has 10 heteroatoms. The number of hydrogen-bond donors (Lipinski definition) is 3. The third kappa shape index (κ3) is 2.36. The molecule has 0 aliphatic carbocycles. The summed E-state index contributed by atoms with van der Waals surface area (Å²) < 4.78 is 7.35. The number of ether oxygens (including phenoxy) is 1. The molecule has 0 radical (unpaired) electrons. The van der Waals surface area contributed by atoms with E-state index in [-0.39, 0.29) is 12.6 Å². The van der Waals surface area contributed by atoms with Crippen molar-refractivity contribution < 1.29 is 14.9 Å². The Labute approximate surface area is 134 Å². The van der Waals surface area contributed by atoms with Crippen LogP contribution >= 0.6 is 11.3 Å². The predicted octanol–water partition coefficient (Wildman–Crippen LogP) is 0.173. The first-order chi connectivity index (χ1) is 11.2. The molecule has 1 saturated heterocycles. The molecule has 0 amide bonds. The highest BCUT2D eigenvalue weighted by Crippen LogP contribution is 2.33. The van der Waals surface area contributed by atoms with Crippen LogP contribution in [0.15, 0.2) is 17.9 Å². The number of aliphatic hydroxyl groups is 2. The Morgan fingerprint density at radius 2 is 2.26 bits per heavy atom. The van der Waals surface area contributed by atoms with Crippen molar-refractivity contribution in [3.05, 3.63) is 17.9 Å². The molecule has 3 aromatic rings. The zero-order chi connectivity index (χ0) is 16.0. The van der Waals surface area contributed by atoms with Gasteiger partial charge in [-0.15, -0.1) is 11.3 Å². The lowest BCUT2D eigenvalue weighted by Gasteiger charge is -2.13. The van der Waals surface area contributed by atoms with Gasteiger partial charge in [-0.2, -0.15) is 4.98 Å². The lowest BCUT2D eigenvalue weighted by molar-refractivity contribution is -0.0432. The van der Waals surface area contributed by atoms with E-state index in [0.29, 0.717) is 28.3 Å². The topological polar surface area (TPSA) is 132 Å². The molecule has 0 saturated carbocycles. The van der Waals surface area contributed by atoms with Crippen LogP contribution in [0.5, 0.6) is 0 Å². The van der Waals surface area contributed by atoms with Crippen LogP contribution in [0, 0.1) is 0 Å². The van der Waals surface area contributed by atoms with E-state index in [4.69, 9.17) is 10.5 Å². The van der Waals surface area contributed by atoms with E-state index >= 15 is 0 Å². The second-order valence-corrected chi connectivity index (χ2v) is 6.10. The third-order valence-electron chi connectivity index (χ3n) is 3.77. The van der Waals surface area contributed by atoms with Gasteiger partial charge < -0.3 is 20.7 Å². The van der Waals surface area contributed by atoms with Gasteiger partial charge in [0.25, 0.3) is 0 Å². The van der Waals surface area contributed by atoms with Crippen molar-refractivity contribution >= 4 is 28.4 Å². The Kier molecular flexibility index (Phi) is 3.45. The molecule has 3 atom stereocenters. The van der Waals surface area contributed by atoms with Crippen molar-refractivity contribution in [1.29, 1.82) is 0 Å². The summed E-state index contributed by atoms with van der Waals surface area (Å²) in [5.41, 5.74) is 7.47. The van der Waals surface area contributed by atoms with Crippen LogP contribution in [-0.2, 0) is 4.74 Å². The molecule has 4 N–H and O–H groups in total. The number of thiazole rings is 1. The first kappa shape index (κ1) is 14.5. The van der Waals surface area contributed by atoms with E-state index in [1.54, 1.807) is 17.1 Å². The molecule has 0 spiro atoms. The van der Waals surface area contributed by atoms with Crippen LogP contribution in [0.3, 0.4) is 0 Å². The minimum Gasteiger partial charge on any atom is -0.394 e. The highest BCUT2D eigenvalue weighted by Gasteiger charge is 2.35. The molecule has 1 fully saturated rings. The summed E-state index contributed by atoms with van der Waals surface area (Å²) in [6.07, 6.45) is 1.78. The summed E-state index contributed by atoms with van der Waals surface area (Å²) in [5.74, 6) is 0.113. The minimum atomic E-state index is -0.736. The normalized spacial score (nSPS) is 24.5. The summed E-state index contributed by atoms with van der Waals surface area (Å²) in [4.78, 5) is 17.1. The molecule has 1 aliphatic heterocycles. The molecule has 4 heterocycles. The number of nitrogens with zero attached hydrogens (tertiary/aromatic N) is 5. The van der Waals surface area contributed by atoms with Crippen LogP contribution < -0.4 is 5.73 Å². The Morgan fingerprint density at radius 1 is 1.39 bits per heavy atom. The third-order valence-corrected chi connectivity index (χ3v) is 4.55. The Bertz CT molecular complexity index is 836. The number of imidazole rings is 1. The lowest BCUT2D eigenvalue weighted by atomic mass is 10.2. The number of rotatable bonds is 3. The van der Waals surface area contributed by atoms with Gasteiger partial charge in [-0.05, 0) is 0 Å². The van der Waals surface area contributed by atoms with Crippen LogP contribution in [0.2, 0.25) is 0 Å². The van der Waals surface area contributed by atoms with Crippen molar-refractivity contribution in [2.24, 2.45) is 0 Å². The highest BCUT2D eigenvalue weighted by molar-refractivity contribution is 7.13. The first-order valence-electron chi connectivity index (χ1n) is 7.01. The quantitative estimate of drug-likeness (QED) is 0.617. The van der Waals surface area contributed by atoms with Gasteiger partial charge in [0.1, 0.15) is 28.6 Å². The lowest BCUT2D eigenvalue weighted by Crippen LogP contribution is -2.24. The van der Waals surface area contributed by atoms with Gasteiger partial charge >= 0.3 is 0 Å². The van der Waals surface area contributed by atoms with Crippen molar-refractivity contribution in [2.75, 3.05) is 12.3 Å². The van der Waals surface area contributed by atoms with Crippen molar-refractivity contribution in [3.63, 3.8) is 0 Å². The number of nitrogens with two attached hydrogens (primary N) is 1. The van der Waals surface area contributed by atoms with Gasteiger partial charge in [0.05, 0.1) is 19.0 Å². The Hall–Kier alpha value is -2.14. The van der Waals surface area contributed by atoms with Crippen molar-refractivity contribution in [1.82, 2.24) is 24.5 Å². The second kappa shape index (κ2) is 5.49. The zero-order valence-electron chi connectivity index (χ0n) is 11.9. The number of aromatic nitrogens is 5. The van der Waals surface area contributed by atoms with E-state index in [9.17, 15) is 10.2 Å². The van der Waals surface area contributed by atoms with E-state index in [2.05, 4.69) is 19.9 Å². The van der Waals surface area contributed by atoms with Gasteiger partial charge in [0.15, 0.2) is 5.65 Å². The van der Waals surface area contributed by atoms with E-state index in [0.717, 1.165) is 0 Å². The maximum atomic E-state index is 9.91. The Morgan fingerprint density at radius 3 is 2.96 bits per heavy atom. The van der Waals surface area contributed by atoms with Gasteiger partial charge in [-0.3, -0.25) is 4.57 Å². The summed E-state index contributed by atoms with van der Waals surface area (Å²) in [6, 6.07) is 0. The predicted molar refractivity (Wildman–Crippen MR) is 82.5 cm³/mol. The summed E-state index contributed by atoms with van der Waals surface area (Å²) in [6.45, 7) is -0.244. The fraction of sp³-hybridized carbons (Fsp3) is 0.385. The number of nitrogen functional groups attached to an aromatic ring is 1. The summed E-state index contributed by atoms with van der Waals surface area (Å²) in [7, 11) is 0. The molecule has 1 aliphatic rings. The van der Waals surface area contributed by atoms with Crippen LogP contribution in [0.25, 0.3) is 21.9 Å². The molecule has 0 unspecified atom stereocenters. The minimum absolute atomic E-state index is 0.113. The van der Waals surface area contributed by atoms with Gasteiger partial charge in [0.2, 0.25) is 5.95 Å². The number of fused-ring (bicyclic) bond motifs is 1. The SMILES string of the molecule is Nc1nc(-c2nccs2)c2ncn([C@@H]3C[C@H](O)[C@@H](CO)O3)c2n1. The van der Waals surface area contributed by atoms with Gasteiger partial charge in [-0.1, -0.05) is 0 Å². The molecular weight excluding hydrogens is 320 g/mol. The van der Waals surface area contributed by atoms with Crippen LogP contribution in [0.1, 0.15) is 12.6 Å². The van der Waals surface area contributed by atoms with E-state index in [1.165, 1.54) is 11.3 Å². The summed E-state index contributed by atoms with van der Waals surface area (Å²) in [5, 5.41) is 21.7. The fourth-order valence-corrected chi connectivity index (χ4v) is 3.31. The zero-order valence-corrected chi connectivity index (χ0v) is 12.7. The smallest absolute Gasteiger partial charge is 0.222 e. The monoisotopic (exact) mass is 334 g/mol. The van der Waals surface area contributed by atoms with Crippen molar-refractivity contribution in [3.8, 4) is 10.7 Å². The first-order valence-corrected chi connectivity index (χ1v) is 7.89. The van der Waals surface area contributed by atoms with Gasteiger partial charge in [-0.25, -0.2) is 15.0 Å². The van der Waals surface area contributed by atoms with Gasteiger partial charge in [0, 0.05) is 18.0 Å². The van der Waals surface area contributed by atoms with Crippen molar-refractivity contribution in [2.45, 2.75) is 24.9 Å². The highest BCUT2D eigenvalue weighted by atomic mass is 32.1. The average molecular weight is 334 g/mol. The molecule has 4 rings (SSSR count). The van der Waals surface area contributed by atoms with Crippen LogP contribution in [-0.4, -0.2) is 53.5 Å². The average Bonchev–Trinajstić information content (AvgIpc) is 3.24. The molecule has 23 heavy (non-hydrogen) atoms. The number of anilines is 1. The van der Waals surface area contributed by atoms with E-state index in [1.807, 2.05) is 5.38 Å². The fourth-order valence-electron chi connectivity index (χ4n) is 2.68. The standard InChI is InChI=1S/C13H14N6O3S/c14-13-17-10(12-15-1-2-23-12)9-11(18-13)19(5-16-9)8-3-6(21)7(4-20)22-8/h1-2,5-8,20-21H,3-4H2,(H2,14,17,18)/t6-,7+,8-/m0/s1. The maximum absolute atomic E-state index is 9.91. The van der Waals surface area contributed by atoms with E-state index < -0.39 is 18.4 Å². The molecule has 0 bridgehead atoms. The molecule has 3 aromatic heterocycles.